The number of hydrogen-bond donors (Lipinski definition) is 2. The SMILES string of the molecule is Oc1cncc(C2CNCCO2)c1. The zero-order valence-corrected chi connectivity index (χ0v) is 7.23. The number of aromatic hydroxyl groups is 1. The third-order valence-electron chi connectivity index (χ3n) is 2.04. The molecule has 0 saturated carbocycles. The van der Waals surface area contributed by atoms with E-state index in [1.165, 1.54) is 6.20 Å². The highest BCUT2D eigenvalue weighted by molar-refractivity contribution is 5.24. The summed E-state index contributed by atoms with van der Waals surface area (Å²) in [7, 11) is 0. The van der Waals surface area contributed by atoms with Crippen molar-refractivity contribution in [3.05, 3.63) is 24.0 Å². The quantitative estimate of drug-likeness (QED) is 0.658. The minimum atomic E-state index is 0.0216. The van der Waals surface area contributed by atoms with E-state index in [4.69, 9.17) is 4.74 Å². The van der Waals surface area contributed by atoms with Gasteiger partial charge in [0.15, 0.2) is 0 Å². The van der Waals surface area contributed by atoms with Crippen LogP contribution >= 0.6 is 0 Å². The maximum atomic E-state index is 9.21. The molecule has 0 bridgehead atoms. The topological polar surface area (TPSA) is 54.4 Å². The molecule has 1 aromatic heterocycles. The minimum Gasteiger partial charge on any atom is -0.506 e. The number of ether oxygens (including phenoxy) is 1. The molecule has 1 aliphatic heterocycles. The van der Waals surface area contributed by atoms with Crippen molar-refractivity contribution in [3.63, 3.8) is 0 Å². The second kappa shape index (κ2) is 3.72. The summed E-state index contributed by atoms with van der Waals surface area (Å²) in [4.78, 5) is 3.90. The molecule has 2 rings (SSSR count). The van der Waals surface area contributed by atoms with Crippen molar-refractivity contribution < 1.29 is 9.84 Å². The maximum absolute atomic E-state index is 9.21. The van der Waals surface area contributed by atoms with Gasteiger partial charge in [0.25, 0.3) is 0 Å². The molecule has 0 radical (unpaired) electrons. The van der Waals surface area contributed by atoms with E-state index in [1.807, 2.05) is 0 Å². The van der Waals surface area contributed by atoms with Crippen LogP contribution in [-0.4, -0.2) is 29.8 Å². The molecule has 1 aliphatic rings. The van der Waals surface area contributed by atoms with Crippen LogP contribution in [0.15, 0.2) is 18.5 Å². The van der Waals surface area contributed by atoms with E-state index in [-0.39, 0.29) is 11.9 Å². The summed E-state index contributed by atoms with van der Waals surface area (Å²) in [6, 6.07) is 1.69. The molecule has 0 amide bonds. The zero-order chi connectivity index (χ0) is 9.10. The summed E-state index contributed by atoms with van der Waals surface area (Å²) < 4.78 is 5.51. The average molecular weight is 180 g/mol. The van der Waals surface area contributed by atoms with E-state index in [0.29, 0.717) is 6.61 Å². The first-order valence-corrected chi connectivity index (χ1v) is 4.32. The predicted molar refractivity (Wildman–Crippen MR) is 47.5 cm³/mol. The Hall–Kier alpha value is -1.13. The lowest BCUT2D eigenvalue weighted by molar-refractivity contribution is 0.0273. The summed E-state index contributed by atoms with van der Waals surface area (Å²) in [6.45, 7) is 2.38. The second-order valence-electron chi connectivity index (χ2n) is 3.04. The summed E-state index contributed by atoms with van der Waals surface area (Å²) in [6.07, 6.45) is 3.16. The van der Waals surface area contributed by atoms with Gasteiger partial charge in [0, 0.05) is 24.8 Å². The average Bonchev–Trinajstić information content (AvgIpc) is 2.19. The number of nitrogens with one attached hydrogen (secondary N) is 1. The van der Waals surface area contributed by atoms with Crippen LogP contribution in [0.2, 0.25) is 0 Å². The summed E-state index contributed by atoms with van der Waals surface area (Å²) in [5.41, 5.74) is 0.923. The Labute approximate surface area is 76.6 Å². The van der Waals surface area contributed by atoms with Crippen molar-refractivity contribution in [1.82, 2.24) is 10.3 Å². The molecule has 1 saturated heterocycles. The fraction of sp³-hybridized carbons (Fsp3) is 0.444. The minimum absolute atomic E-state index is 0.0216. The lowest BCUT2D eigenvalue weighted by atomic mass is 10.1. The van der Waals surface area contributed by atoms with E-state index in [1.54, 1.807) is 12.3 Å². The van der Waals surface area contributed by atoms with E-state index >= 15 is 0 Å². The van der Waals surface area contributed by atoms with E-state index < -0.39 is 0 Å². The Balaban J connectivity index is 2.14. The van der Waals surface area contributed by atoms with Gasteiger partial charge in [-0.3, -0.25) is 4.98 Å². The van der Waals surface area contributed by atoms with E-state index in [2.05, 4.69) is 10.3 Å². The molecular formula is C9H12N2O2. The Morgan fingerprint density at radius 2 is 2.46 bits per heavy atom. The van der Waals surface area contributed by atoms with E-state index in [9.17, 15) is 5.11 Å². The molecule has 0 spiro atoms. The van der Waals surface area contributed by atoms with Crippen molar-refractivity contribution in [1.29, 1.82) is 0 Å². The van der Waals surface area contributed by atoms with E-state index in [0.717, 1.165) is 18.7 Å². The first kappa shape index (κ1) is 8.47. The van der Waals surface area contributed by atoms with Gasteiger partial charge in [-0.05, 0) is 6.07 Å². The third kappa shape index (κ3) is 1.96. The van der Waals surface area contributed by atoms with Crippen molar-refractivity contribution in [2.75, 3.05) is 19.7 Å². The molecule has 4 heteroatoms. The first-order chi connectivity index (χ1) is 6.36. The smallest absolute Gasteiger partial charge is 0.134 e. The van der Waals surface area contributed by atoms with Crippen LogP contribution in [-0.2, 0) is 4.74 Å². The van der Waals surface area contributed by atoms with Crippen LogP contribution in [0.1, 0.15) is 11.7 Å². The second-order valence-corrected chi connectivity index (χ2v) is 3.04. The van der Waals surface area contributed by atoms with Crippen LogP contribution in [0.25, 0.3) is 0 Å². The highest BCUT2D eigenvalue weighted by Gasteiger charge is 2.15. The van der Waals surface area contributed by atoms with Crippen LogP contribution in [0.4, 0.5) is 0 Å². The summed E-state index contributed by atoms with van der Waals surface area (Å²) in [5, 5.41) is 12.4. The molecule has 70 valence electrons. The van der Waals surface area contributed by atoms with Gasteiger partial charge in [0.05, 0.1) is 18.9 Å². The molecule has 0 aromatic carbocycles. The third-order valence-corrected chi connectivity index (χ3v) is 2.04. The van der Waals surface area contributed by atoms with Crippen LogP contribution in [0.5, 0.6) is 5.75 Å². The molecule has 1 fully saturated rings. The lowest BCUT2D eigenvalue weighted by Crippen LogP contribution is -2.33. The fourth-order valence-corrected chi connectivity index (χ4v) is 1.40. The molecule has 1 aromatic rings. The highest BCUT2D eigenvalue weighted by Crippen LogP contribution is 2.20. The number of aromatic nitrogens is 1. The Morgan fingerprint density at radius 1 is 1.54 bits per heavy atom. The molecule has 1 unspecified atom stereocenters. The lowest BCUT2D eigenvalue weighted by Gasteiger charge is -2.23. The number of rotatable bonds is 1. The maximum Gasteiger partial charge on any atom is 0.134 e. The van der Waals surface area contributed by atoms with Gasteiger partial charge < -0.3 is 15.2 Å². The number of nitrogens with zero attached hydrogens (tertiary/aromatic N) is 1. The molecule has 2 N–H and O–H groups in total. The molecular weight excluding hydrogens is 168 g/mol. The fourth-order valence-electron chi connectivity index (χ4n) is 1.40. The zero-order valence-electron chi connectivity index (χ0n) is 7.23. The van der Waals surface area contributed by atoms with Crippen LogP contribution < -0.4 is 5.32 Å². The highest BCUT2D eigenvalue weighted by atomic mass is 16.5. The van der Waals surface area contributed by atoms with Crippen molar-refractivity contribution in [2.45, 2.75) is 6.10 Å². The monoisotopic (exact) mass is 180 g/mol. The van der Waals surface area contributed by atoms with Gasteiger partial charge in [-0.1, -0.05) is 0 Å². The van der Waals surface area contributed by atoms with Crippen molar-refractivity contribution in [3.8, 4) is 5.75 Å². The van der Waals surface area contributed by atoms with Gasteiger partial charge in [-0.25, -0.2) is 0 Å². The van der Waals surface area contributed by atoms with Crippen molar-refractivity contribution in [2.24, 2.45) is 0 Å². The standard InChI is InChI=1S/C9H12N2O2/c12-8-3-7(4-11-5-8)9-6-10-1-2-13-9/h3-5,9-10,12H,1-2,6H2. The Kier molecular flexibility index (Phi) is 2.42. The molecule has 0 aliphatic carbocycles. The van der Waals surface area contributed by atoms with Gasteiger partial charge in [0.2, 0.25) is 0 Å². The molecule has 13 heavy (non-hydrogen) atoms. The first-order valence-electron chi connectivity index (χ1n) is 4.32. The summed E-state index contributed by atoms with van der Waals surface area (Å²) >= 11 is 0. The van der Waals surface area contributed by atoms with Gasteiger partial charge in [0.1, 0.15) is 5.75 Å². The summed E-state index contributed by atoms with van der Waals surface area (Å²) in [5.74, 6) is 0.187. The Bertz CT molecular complexity index is 285. The van der Waals surface area contributed by atoms with Crippen LogP contribution in [0.3, 0.4) is 0 Å². The Morgan fingerprint density at radius 3 is 3.15 bits per heavy atom. The van der Waals surface area contributed by atoms with Crippen molar-refractivity contribution >= 4 is 0 Å². The molecule has 1 atom stereocenters. The molecule has 4 nitrogen and oxygen atoms in total. The van der Waals surface area contributed by atoms with Gasteiger partial charge in [-0.2, -0.15) is 0 Å². The van der Waals surface area contributed by atoms with Gasteiger partial charge >= 0.3 is 0 Å². The number of hydrogen-bond acceptors (Lipinski definition) is 4. The van der Waals surface area contributed by atoms with Gasteiger partial charge in [-0.15, -0.1) is 0 Å². The number of pyridine rings is 1. The largest absolute Gasteiger partial charge is 0.506 e. The number of morpholine rings is 1. The molecule has 2 heterocycles. The predicted octanol–water partition coefficient (Wildman–Crippen LogP) is 0.448. The van der Waals surface area contributed by atoms with Crippen LogP contribution in [0, 0.1) is 0 Å². The normalized spacial score (nSPS) is 22.9.